The molecule has 0 unspecified atom stereocenters. The van der Waals surface area contributed by atoms with Crippen LogP contribution in [0.25, 0.3) is 0 Å². The summed E-state index contributed by atoms with van der Waals surface area (Å²) in [5.41, 5.74) is 2.77. The molecule has 0 fully saturated rings. The highest BCUT2D eigenvalue weighted by molar-refractivity contribution is 7.99. The van der Waals surface area contributed by atoms with Crippen LogP contribution >= 0.6 is 11.8 Å². The fourth-order valence-electron chi connectivity index (χ4n) is 1.78. The molecule has 0 spiro atoms. The second-order valence-corrected chi connectivity index (χ2v) is 5.55. The molecule has 21 heavy (non-hydrogen) atoms. The van der Waals surface area contributed by atoms with Crippen molar-refractivity contribution in [3.63, 3.8) is 0 Å². The molecule has 0 saturated heterocycles. The summed E-state index contributed by atoms with van der Waals surface area (Å²) in [7, 11) is 1.74. The van der Waals surface area contributed by atoms with Crippen molar-refractivity contribution in [2.45, 2.75) is 19.0 Å². The Hall–Kier alpha value is -2.08. The Morgan fingerprint density at radius 2 is 2.14 bits per heavy atom. The maximum Gasteiger partial charge on any atom is 0.251 e. The van der Waals surface area contributed by atoms with Gasteiger partial charge in [-0.05, 0) is 25.5 Å². The SMILES string of the molecule is CN=C(CSc1nc(C)cc(=O)[nH]1)Nc1ccccc1C. The van der Waals surface area contributed by atoms with Crippen LogP contribution in [0.1, 0.15) is 11.3 Å². The second-order valence-electron chi connectivity index (χ2n) is 4.59. The lowest BCUT2D eigenvalue weighted by molar-refractivity contribution is 0.907. The van der Waals surface area contributed by atoms with Gasteiger partial charge in [0.15, 0.2) is 5.16 Å². The number of nitrogens with one attached hydrogen (secondary N) is 2. The van der Waals surface area contributed by atoms with E-state index < -0.39 is 0 Å². The molecule has 2 rings (SSSR count). The van der Waals surface area contributed by atoms with Crippen molar-refractivity contribution < 1.29 is 0 Å². The van der Waals surface area contributed by atoms with Crippen molar-refractivity contribution in [3.8, 4) is 0 Å². The third-order valence-corrected chi connectivity index (χ3v) is 3.77. The van der Waals surface area contributed by atoms with Crippen LogP contribution in [0.3, 0.4) is 0 Å². The fraction of sp³-hybridized carbons (Fsp3) is 0.267. The molecule has 110 valence electrons. The first-order valence-electron chi connectivity index (χ1n) is 6.57. The Kier molecular flexibility index (Phi) is 5.16. The van der Waals surface area contributed by atoms with Gasteiger partial charge in [0.2, 0.25) is 0 Å². The highest BCUT2D eigenvalue weighted by Gasteiger charge is 2.05. The molecule has 5 nitrogen and oxygen atoms in total. The molecule has 0 bridgehead atoms. The maximum atomic E-state index is 11.4. The van der Waals surface area contributed by atoms with Crippen molar-refractivity contribution in [1.82, 2.24) is 9.97 Å². The van der Waals surface area contributed by atoms with Gasteiger partial charge in [0, 0.05) is 24.5 Å². The predicted octanol–water partition coefficient (Wildman–Crippen LogP) is 2.62. The largest absolute Gasteiger partial charge is 0.343 e. The number of thioether (sulfide) groups is 1. The van der Waals surface area contributed by atoms with Gasteiger partial charge in [0.05, 0.1) is 5.75 Å². The van der Waals surface area contributed by atoms with E-state index in [1.165, 1.54) is 17.8 Å². The van der Waals surface area contributed by atoms with E-state index in [0.29, 0.717) is 16.6 Å². The lowest BCUT2D eigenvalue weighted by atomic mass is 10.2. The topological polar surface area (TPSA) is 70.1 Å². The van der Waals surface area contributed by atoms with Gasteiger partial charge in [-0.1, -0.05) is 30.0 Å². The summed E-state index contributed by atoms with van der Waals surface area (Å²) in [5.74, 6) is 1.44. The number of aliphatic imine (C=N–C) groups is 1. The molecule has 0 saturated carbocycles. The summed E-state index contributed by atoms with van der Waals surface area (Å²) in [5, 5.41) is 3.91. The summed E-state index contributed by atoms with van der Waals surface area (Å²) in [6, 6.07) is 9.51. The van der Waals surface area contributed by atoms with Crippen molar-refractivity contribution in [2.24, 2.45) is 4.99 Å². The van der Waals surface area contributed by atoms with E-state index in [4.69, 9.17) is 0 Å². The molecule has 0 aliphatic carbocycles. The van der Waals surface area contributed by atoms with Gasteiger partial charge in [0.25, 0.3) is 5.56 Å². The van der Waals surface area contributed by atoms with Gasteiger partial charge in [-0.15, -0.1) is 0 Å². The van der Waals surface area contributed by atoms with Crippen molar-refractivity contribution in [3.05, 3.63) is 51.9 Å². The zero-order valence-corrected chi connectivity index (χ0v) is 13.1. The standard InChI is InChI=1S/C15H18N4OS/c1-10-6-4-5-7-12(10)18-13(16-3)9-21-15-17-11(2)8-14(20)19-15/h4-8H,9H2,1-3H3,(H,16,18)(H,17,19,20). The second kappa shape index (κ2) is 7.08. The van der Waals surface area contributed by atoms with Gasteiger partial charge in [0.1, 0.15) is 5.84 Å². The van der Waals surface area contributed by atoms with Crippen LogP contribution in [0.4, 0.5) is 5.69 Å². The minimum atomic E-state index is -0.133. The molecule has 1 aromatic carbocycles. The zero-order chi connectivity index (χ0) is 15.2. The van der Waals surface area contributed by atoms with E-state index in [0.717, 1.165) is 17.1 Å². The first-order valence-corrected chi connectivity index (χ1v) is 7.56. The number of H-pyrrole nitrogens is 1. The molecule has 1 aromatic heterocycles. The summed E-state index contributed by atoms with van der Waals surface area (Å²) >= 11 is 1.45. The fourth-order valence-corrected chi connectivity index (χ4v) is 2.64. The first kappa shape index (κ1) is 15.3. The van der Waals surface area contributed by atoms with E-state index in [-0.39, 0.29) is 5.56 Å². The Labute approximate surface area is 127 Å². The van der Waals surface area contributed by atoms with E-state index in [1.807, 2.05) is 31.2 Å². The predicted molar refractivity (Wildman–Crippen MR) is 88.5 cm³/mol. The number of hydrogen-bond acceptors (Lipinski definition) is 4. The number of aromatic amines is 1. The number of amidine groups is 1. The smallest absolute Gasteiger partial charge is 0.251 e. The number of hydrogen-bond donors (Lipinski definition) is 2. The average molecular weight is 302 g/mol. The minimum absolute atomic E-state index is 0.133. The maximum absolute atomic E-state index is 11.4. The van der Waals surface area contributed by atoms with Crippen LogP contribution in [0.2, 0.25) is 0 Å². The normalized spacial score (nSPS) is 11.5. The number of rotatable bonds is 4. The number of aromatic nitrogens is 2. The Balaban J connectivity index is 2.03. The molecule has 2 aromatic rings. The highest BCUT2D eigenvalue weighted by atomic mass is 32.2. The molecule has 0 radical (unpaired) electrons. The minimum Gasteiger partial charge on any atom is -0.343 e. The summed E-state index contributed by atoms with van der Waals surface area (Å²) in [6.07, 6.45) is 0. The van der Waals surface area contributed by atoms with Crippen LogP contribution in [0, 0.1) is 13.8 Å². The van der Waals surface area contributed by atoms with Gasteiger partial charge < -0.3 is 10.3 Å². The Bertz CT molecular complexity index is 709. The summed E-state index contributed by atoms with van der Waals surface area (Å²) in [4.78, 5) is 22.7. The van der Waals surface area contributed by atoms with Crippen molar-refractivity contribution in [1.29, 1.82) is 0 Å². The Morgan fingerprint density at radius 3 is 2.81 bits per heavy atom. The third kappa shape index (κ3) is 4.46. The number of para-hydroxylation sites is 1. The Morgan fingerprint density at radius 1 is 1.38 bits per heavy atom. The van der Waals surface area contributed by atoms with Gasteiger partial charge in [-0.25, -0.2) is 4.98 Å². The van der Waals surface area contributed by atoms with E-state index in [1.54, 1.807) is 14.0 Å². The van der Waals surface area contributed by atoms with Gasteiger partial charge >= 0.3 is 0 Å². The van der Waals surface area contributed by atoms with Crippen LogP contribution in [0.5, 0.6) is 0 Å². The quantitative estimate of drug-likeness (QED) is 0.394. The molecular formula is C15H18N4OS. The number of anilines is 1. The lowest BCUT2D eigenvalue weighted by Gasteiger charge is -2.11. The molecule has 0 atom stereocenters. The monoisotopic (exact) mass is 302 g/mol. The number of nitrogens with zero attached hydrogens (tertiary/aromatic N) is 2. The van der Waals surface area contributed by atoms with Crippen molar-refractivity contribution in [2.75, 3.05) is 18.1 Å². The van der Waals surface area contributed by atoms with Gasteiger partial charge in [-0.2, -0.15) is 0 Å². The highest BCUT2D eigenvalue weighted by Crippen LogP contribution is 2.16. The van der Waals surface area contributed by atoms with E-state index >= 15 is 0 Å². The summed E-state index contributed by atoms with van der Waals surface area (Å²) in [6.45, 7) is 3.85. The summed E-state index contributed by atoms with van der Waals surface area (Å²) < 4.78 is 0. The number of benzene rings is 1. The van der Waals surface area contributed by atoms with Gasteiger partial charge in [-0.3, -0.25) is 9.79 Å². The molecular weight excluding hydrogens is 284 g/mol. The molecule has 6 heteroatoms. The van der Waals surface area contributed by atoms with Crippen LogP contribution in [-0.2, 0) is 0 Å². The molecule has 0 aliphatic rings. The third-order valence-electron chi connectivity index (χ3n) is 2.89. The average Bonchev–Trinajstić information content (AvgIpc) is 2.44. The van der Waals surface area contributed by atoms with E-state index in [9.17, 15) is 4.79 Å². The molecule has 1 heterocycles. The zero-order valence-electron chi connectivity index (χ0n) is 12.3. The molecule has 0 amide bonds. The van der Waals surface area contributed by atoms with Crippen LogP contribution in [-0.4, -0.2) is 28.6 Å². The van der Waals surface area contributed by atoms with E-state index in [2.05, 4.69) is 20.3 Å². The van der Waals surface area contributed by atoms with Crippen LogP contribution < -0.4 is 10.9 Å². The molecule has 0 aliphatic heterocycles. The number of aryl methyl sites for hydroxylation is 2. The first-order chi connectivity index (χ1) is 10.1. The van der Waals surface area contributed by atoms with Crippen LogP contribution in [0.15, 0.2) is 45.3 Å². The molecule has 2 N–H and O–H groups in total. The van der Waals surface area contributed by atoms with Crippen molar-refractivity contribution >= 4 is 23.3 Å². The lowest BCUT2D eigenvalue weighted by Crippen LogP contribution is -2.16.